The van der Waals surface area contributed by atoms with Crippen LogP contribution < -0.4 is 10.6 Å². The van der Waals surface area contributed by atoms with Crippen molar-refractivity contribution in [2.24, 2.45) is 0 Å². The van der Waals surface area contributed by atoms with Crippen LogP contribution in [0.15, 0.2) is 59.1 Å². The van der Waals surface area contributed by atoms with E-state index in [0.29, 0.717) is 30.3 Å². The topological polar surface area (TPSA) is 128 Å². The van der Waals surface area contributed by atoms with Crippen LogP contribution in [0.1, 0.15) is 48.6 Å². The molecule has 2 aromatic carbocycles. The molecule has 39 heavy (non-hydrogen) atoms. The van der Waals surface area contributed by atoms with Gasteiger partial charge in [-0.05, 0) is 56.3 Å². The maximum Gasteiger partial charge on any atom is 0.323 e. The zero-order valence-corrected chi connectivity index (χ0v) is 22.5. The van der Waals surface area contributed by atoms with Gasteiger partial charge in [-0.15, -0.1) is 0 Å². The summed E-state index contributed by atoms with van der Waals surface area (Å²) in [6, 6.07) is 14.3. The van der Waals surface area contributed by atoms with Crippen LogP contribution in [0.2, 0.25) is 0 Å². The molecule has 2 atom stereocenters. The fourth-order valence-corrected chi connectivity index (χ4v) is 4.70. The largest absolute Gasteiger partial charge is 0.481 e. The molecule has 0 saturated carbocycles. The molecular formula is C29H35N5O5. The number of carboxylic acid groups (broad SMARTS) is 1. The minimum Gasteiger partial charge on any atom is -0.481 e. The van der Waals surface area contributed by atoms with E-state index >= 15 is 0 Å². The zero-order valence-electron chi connectivity index (χ0n) is 22.5. The van der Waals surface area contributed by atoms with E-state index in [4.69, 9.17) is 9.52 Å². The average molecular weight is 534 g/mol. The molecule has 0 aliphatic carbocycles. The van der Waals surface area contributed by atoms with Crippen LogP contribution in [0.3, 0.4) is 0 Å². The minimum atomic E-state index is -0.900. The van der Waals surface area contributed by atoms with Gasteiger partial charge in [0, 0.05) is 30.4 Å². The van der Waals surface area contributed by atoms with E-state index in [1.165, 1.54) is 0 Å². The number of nitrogens with one attached hydrogen (secondary N) is 2. The number of likely N-dealkylation sites (N-methyl/N-ethyl adjacent to an activating group) is 1. The highest BCUT2D eigenvalue weighted by Gasteiger charge is 2.40. The molecule has 1 aliphatic heterocycles. The molecular weight excluding hydrogens is 498 g/mol. The van der Waals surface area contributed by atoms with Gasteiger partial charge in [0.2, 0.25) is 11.8 Å². The quantitative estimate of drug-likeness (QED) is 0.351. The first-order valence-electron chi connectivity index (χ1n) is 13.1. The first-order valence-corrected chi connectivity index (χ1v) is 13.1. The number of aromatic nitrogens is 1. The second-order valence-electron chi connectivity index (χ2n) is 9.85. The number of carboxylic acids is 1. The van der Waals surface area contributed by atoms with Gasteiger partial charge in [0.1, 0.15) is 11.8 Å². The Morgan fingerprint density at radius 2 is 1.87 bits per heavy atom. The van der Waals surface area contributed by atoms with Crippen molar-refractivity contribution in [3.63, 3.8) is 0 Å². The number of urea groups is 1. The molecule has 10 nitrogen and oxygen atoms in total. The van der Waals surface area contributed by atoms with E-state index in [1.54, 1.807) is 18.3 Å². The van der Waals surface area contributed by atoms with Crippen LogP contribution in [-0.2, 0) is 22.4 Å². The number of hydrogen-bond acceptors (Lipinski definition) is 6. The highest BCUT2D eigenvalue weighted by Crippen LogP contribution is 2.34. The zero-order chi connectivity index (χ0) is 27.9. The molecule has 1 fully saturated rings. The lowest BCUT2D eigenvalue weighted by Crippen LogP contribution is -2.37. The summed E-state index contributed by atoms with van der Waals surface area (Å²) < 4.78 is 5.88. The molecule has 10 heteroatoms. The van der Waals surface area contributed by atoms with Crippen molar-refractivity contribution in [2.45, 2.75) is 51.6 Å². The third kappa shape index (κ3) is 7.23. The van der Waals surface area contributed by atoms with Crippen LogP contribution >= 0.6 is 0 Å². The van der Waals surface area contributed by atoms with Crippen LogP contribution in [0.4, 0.5) is 16.2 Å². The number of aryl methyl sites for hydroxylation is 2. The third-order valence-electron chi connectivity index (χ3n) is 7.12. The number of carbonyl (C=O) groups is 3. The normalized spacial score (nSPS) is 16.9. The van der Waals surface area contributed by atoms with Gasteiger partial charge in [0.15, 0.2) is 0 Å². The molecule has 1 aliphatic rings. The van der Waals surface area contributed by atoms with Gasteiger partial charge in [-0.3, -0.25) is 9.59 Å². The molecule has 0 bridgehead atoms. The van der Waals surface area contributed by atoms with Crippen LogP contribution in [0.25, 0.3) is 0 Å². The number of para-hydroxylation sites is 1. The Morgan fingerprint density at radius 3 is 2.56 bits per heavy atom. The SMILES string of the molecule is CCN(C)C1CC(c2ncc(CCC(=O)O)o2)N(C(=O)Cc2ccc(NC(=O)Nc3ccccc3C)cc2)C1. The van der Waals surface area contributed by atoms with Gasteiger partial charge in [-0.25, -0.2) is 9.78 Å². The predicted octanol–water partition coefficient (Wildman–Crippen LogP) is 4.48. The van der Waals surface area contributed by atoms with Gasteiger partial charge in [-0.1, -0.05) is 37.3 Å². The minimum absolute atomic E-state index is 0.0401. The molecule has 0 spiro atoms. The maximum atomic E-state index is 13.5. The van der Waals surface area contributed by atoms with Crippen molar-refractivity contribution >= 4 is 29.3 Å². The third-order valence-corrected chi connectivity index (χ3v) is 7.12. The molecule has 0 radical (unpaired) electrons. The molecule has 1 saturated heterocycles. The predicted molar refractivity (Wildman–Crippen MR) is 148 cm³/mol. The lowest BCUT2D eigenvalue weighted by Gasteiger charge is -2.24. The lowest BCUT2D eigenvalue weighted by atomic mass is 10.1. The highest BCUT2D eigenvalue weighted by atomic mass is 16.4. The molecule has 3 aromatic rings. The van der Waals surface area contributed by atoms with E-state index < -0.39 is 5.97 Å². The highest BCUT2D eigenvalue weighted by molar-refractivity contribution is 6.00. The number of rotatable bonds is 10. The standard InChI is InChI=1S/C29H35N5O5/c1-4-33(3)22-16-25(28-30-17-23(39-28)13-14-27(36)37)34(18-22)26(35)15-20-9-11-21(12-10-20)31-29(38)32-24-8-6-5-7-19(24)2/h5-12,17,22,25H,4,13-16,18H2,1-3H3,(H,36,37)(H2,31,32,38). The number of hydrogen-bond donors (Lipinski definition) is 3. The second kappa shape index (κ2) is 12.6. The second-order valence-corrected chi connectivity index (χ2v) is 9.85. The van der Waals surface area contributed by atoms with Crippen LogP contribution in [0, 0.1) is 6.92 Å². The van der Waals surface area contributed by atoms with Gasteiger partial charge in [0.05, 0.1) is 19.0 Å². The van der Waals surface area contributed by atoms with Crippen molar-refractivity contribution in [2.75, 3.05) is 30.8 Å². The Balaban J connectivity index is 1.40. The number of carbonyl (C=O) groups excluding carboxylic acids is 2. The lowest BCUT2D eigenvalue weighted by molar-refractivity contribution is -0.137. The van der Waals surface area contributed by atoms with Crippen molar-refractivity contribution < 1.29 is 23.9 Å². The van der Waals surface area contributed by atoms with E-state index in [0.717, 1.165) is 23.4 Å². The van der Waals surface area contributed by atoms with Crippen molar-refractivity contribution in [3.05, 3.63) is 77.5 Å². The molecule has 4 rings (SSSR count). The van der Waals surface area contributed by atoms with Gasteiger partial charge in [0.25, 0.3) is 0 Å². The Kier molecular flexibility index (Phi) is 8.98. The summed E-state index contributed by atoms with van der Waals surface area (Å²) in [7, 11) is 2.03. The van der Waals surface area contributed by atoms with Crippen molar-refractivity contribution in [1.29, 1.82) is 0 Å². The Bertz CT molecular complexity index is 1310. The summed E-state index contributed by atoms with van der Waals surface area (Å²) in [5, 5.41) is 14.6. The van der Waals surface area contributed by atoms with Gasteiger partial charge < -0.3 is 30.0 Å². The van der Waals surface area contributed by atoms with Gasteiger partial charge in [-0.2, -0.15) is 0 Å². The number of oxazole rings is 1. The number of amides is 3. The summed E-state index contributed by atoms with van der Waals surface area (Å²) in [5.41, 5.74) is 3.15. The number of likely N-dealkylation sites (tertiary alicyclic amines) is 1. The first-order chi connectivity index (χ1) is 18.7. The summed E-state index contributed by atoms with van der Waals surface area (Å²) in [5.74, 6) is -0.00436. The number of nitrogens with zero attached hydrogens (tertiary/aromatic N) is 3. The first kappa shape index (κ1) is 27.8. The summed E-state index contributed by atoms with van der Waals surface area (Å²) in [6.45, 7) is 5.40. The fraction of sp³-hybridized carbons (Fsp3) is 0.379. The summed E-state index contributed by atoms with van der Waals surface area (Å²) in [4.78, 5) is 45.2. The Morgan fingerprint density at radius 1 is 1.13 bits per heavy atom. The Hall–Kier alpha value is -4.18. The van der Waals surface area contributed by atoms with E-state index in [-0.39, 0.29) is 43.3 Å². The molecule has 2 heterocycles. The smallest absolute Gasteiger partial charge is 0.323 e. The van der Waals surface area contributed by atoms with Crippen molar-refractivity contribution in [3.8, 4) is 0 Å². The van der Waals surface area contributed by atoms with Crippen LogP contribution in [0.5, 0.6) is 0 Å². The van der Waals surface area contributed by atoms with Crippen molar-refractivity contribution in [1.82, 2.24) is 14.8 Å². The number of aliphatic carboxylic acids is 1. The van der Waals surface area contributed by atoms with E-state index in [1.807, 2.05) is 55.3 Å². The molecule has 3 amide bonds. The van der Waals surface area contributed by atoms with Crippen LogP contribution in [-0.4, -0.2) is 64.0 Å². The summed E-state index contributed by atoms with van der Waals surface area (Å²) >= 11 is 0. The number of anilines is 2. The average Bonchev–Trinajstić information content (AvgIpc) is 3.57. The van der Waals surface area contributed by atoms with E-state index in [2.05, 4.69) is 27.4 Å². The van der Waals surface area contributed by atoms with E-state index in [9.17, 15) is 14.4 Å². The molecule has 206 valence electrons. The molecule has 2 unspecified atom stereocenters. The fourth-order valence-electron chi connectivity index (χ4n) is 4.70. The molecule has 3 N–H and O–H groups in total. The van der Waals surface area contributed by atoms with Gasteiger partial charge >= 0.3 is 12.0 Å². The Labute approximate surface area is 228 Å². The monoisotopic (exact) mass is 533 g/mol. The summed E-state index contributed by atoms with van der Waals surface area (Å²) in [6.07, 6.45) is 2.65. The molecule has 1 aromatic heterocycles. The number of benzene rings is 2. The maximum absolute atomic E-state index is 13.5.